The first-order valence-electron chi connectivity index (χ1n) is 12.7. The van der Waals surface area contributed by atoms with E-state index in [1.54, 1.807) is 12.3 Å². The van der Waals surface area contributed by atoms with Crippen LogP contribution in [0.15, 0.2) is 43.2 Å². The van der Waals surface area contributed by atoms with Crippen molar-refractivity contribution in [2.24, 2.45) is 18.9 Å². The van der Waals surface area contributed by atoms with Crippen molar-refractivity contribution < 1.29 is 13.5 Å². The van der Waals surface area contributed by atoms with Crippen LogP contribution in [0.5, 0.6) is 5.75 Å². The van der Waals surface area contributed by atoms with Gasteiger partial charge in [0.05, 0.1) is 24.2 Å². The van der Waals surface area contributed by atoms with Crippen LogP contribution in [-0.2, 0) is 20.0 Å². The fourth-order valence-electron chi connectivity index (χ4n) is 5.25. The molecule has 0 spiro atoms. The predicted molar refractivity (Wildman–Crippen MR) is 141 cm³/mol. The van der Waals surface area contributed by atoms with Crippen molar-refractivity contribution in [3.05, 3.63) is 77.5 Å². The van der Waals surface area contributed by atoms with Crippen LogP contribution >= 0.6 is 0 Å². The highest BCUT2D eigenvalue weighted by Gasteiger charge is 2.31. The number of pyridine rings is 1. The number of aromatic nitrogens is 4. The lowest BCUT2D eigenvalue weighted by atomic mass is 9.71. The first-order valence-corrected chi connectivity index (χ1v) is 12.7. The second kappa shape index (κ2) is 10.1. The van der Waals surface area contributed by atoms with Gasteiger partial charge in [-0.1, -0.05) is 13.5 Å². The summed E-state index contributed by atoms with van der Waals surface area (Å²) >= 11 is 0. The Labute approximate surface area is 216 Å². The van der Waals surface area contributed by atoms with E-state index >= 15 is 4.39 Å². The molecule has 8 heteroatoms. The molecule has 1 fully saturated rings. The van der Waals surface area contributed by atoms with E-state index in [9.17, 15) is 4.39 Å². The van der Waals surface area contributed by atoms with Crippen LogP contribution in [0, 0.1) is 30.4 Å². The molecule has 0 bridgehead atoms. The zero-order valence-electron chi connectivity index (χ0n) is 21.8. The smallest absolute Gasteiger partial charge is 0.201 e. The van der Waals surface area contributed by atoms with Gasteiger partial charge in [-0.25, -0.2) is 9.37 Å². The van der Waals surface area contributed by atoms with Gasteiger partial charge in [0.25, 0.3) is 0 Å². The Morgan fingerprint density at radius 2 is 2.00 bits per heavy atom. The van der Waals surface area contributed by atoms with Crippen molar-refractivity contribution in [2.75, 3.05) is 13.7 Å². The summed E-state index contributed by atoms with van der Waals surface area (Å²) in [7, 11) is 3.78. The molecule has 1 aromatic carbocycles. The lowest BCUT2D eigenvalue weighted by molar-refractivity contribution is 0.271. The molecule has 6 nitrogen and oxygen atoms in total. The van der Waals surface area contributed by atoms with Crippen molar-refractivity contribution in [3.8, 4) is 16.9 Å². The van der Waals surface area contributed by atoms with Crippen LogP contribution in [0.25, 0.3) is 22.3 Å². The Kier molecular flexibility index (Phi) is 6.86. The fourth-order valence-corrected chi connectivity index (χ4v) is 5.25. The molecule has 1 aliphatic carbocycles. The van der Waals surface area contributed by atoms with Gasteiger partial charge >= 0.3 is 0 Å². The lowest BCUT2D eigenvalue weighted by Crippen LogP contribution is -2.22. The molecule has 0 radical (unpaired) electrons. The van der Waals surface area contributed by atoms with Crippen molar-refractivity contribution in [3.63, 3.8) is 0 Å². The van der Waals surface area contributed by atoms with E-state index in [0.717, 1.165) is 52.8 Å². The second-order valence-electron chi connectivity index (χ2n) is 10.1. The summed E-state index contributed by atoms with van der Waals surface area (Å²) in [6.07, 6.45) is 6.43. The summed E-state index contributed by atoms with van der Waals surface area (Å²) in [6.45, 7) is 9.42. The molecule has 3 heterocycles. The Hall–Kier alpha value is -3.52. The molecule has 1 aliphatic rings. The van der Waals surface area contributed by atoms with Crippen LogP contribution in [0.1, 0.15) is 42.4 Å². The minimum atomic E-state index is -0.991. The van der Waals surface area contributed by atoms with E-state index < -0.39 is 11.6 Å². The summed E-state index contributed by atoms with van der Waals surface area (Å²) in [6, 6.07) is 6.40. The summed E-state index contributed by atoms with van der Waals surface area (Å²) in [5.74, 6) is -0.867. The van der Waals surface area contributed by atoms with E-state index in [4.69, 9.17) is 9.84 Å². The first-order chi connectivity index (χ1) is 17.8. The normalized spacial score (nSPS) is 17.2. The maximum Gasteiger partial charge on any atom is 0.201 e. The van der Waals surface area contributed by atoms with Crippen molar-refractivity contribution in [2.45, 2.75) is 39.7 Å². The molecule has 1 N–H and O–H groups in total. The van der Waals surface area contributed by atoms with Gasteiger partial charge in [-0.3, -0.25) is 4.68 Å². The van der Waals surface area contributed by atoms with E-state index in [1.165, 1.54) is 0 Å². The maximum atomic E-state index is 15.1. The summed E-state index contributed by atoms with van der Waals surface area (Å²) in [4.78, 5) is 4.41. The molecular formula is C29H33F2N5O. The Balaban J connectivity index is 1.42. The number of nitrogens with one attached hydrogen (secondary N) is 1. The highest BCUT2D eigenvalue weighted by molar-refractivity contribution is 5.72. The number of imidazole rings is 1. The summed E-state index contributed by atoms with van der Waals surface area (Å²) in [5.41, 5.74) is 6.97. The Morgan fingerprint density at radius 1 is 1.22 bits per heavy atom. The van der Waals surface area contributed by atoms with Gasteiger partial charge in [-0.15, -0.1) is 0 Å². The number of hydrogen-bond acceptors (Lipinski definition) is 4. The standard InChI is InChI=1S/C29H33F2N5O/c1-17-12-21(13-17)18(2)28-23(19(3)35(5)34-28)10-11-37-29-24(7-8-25(30)27(29)31)20-6-9-26-33-15-22(14-32-4)36(26)16-20/h6-9,15-17,21,32H,2,10-14H2,1,3-5H3. The van der Waals surface area contributed by atoms with Crippen LogP contribution in [0.4, 0.5) is 8.78 Å². The first kappa shape index (κ1) is 25.1. The topological polar surface area (TPSA) is 56.4 Å². The molecular weight excluding hydrogens is 472 g/mol. The average molecular weight is 506 g/mol. The SMILES string of the molecule is C=C(c1nn(C)c(C)c1CCOc1c(-c2ccc3ncc(CNC)n3c2)ccc(F)c1F)C1CC(C)C1. The van der Waals surface area contributed by atoms with E-state index in [0.29, 0.717) is 35.9 Å². The van der Waals surface area contributed by atoms with Crippen LogP contribution in [0.3, 0.4) is 0 Å². The largest absolute Gasteiger partial charge is 0.489 e. The van der Waals surface area contributed by atoms with Gasteiger partial charge in [0, 0.05) is 48.6 Å². The zero-order valence-corrected chi connectivity index (χ0v) is 21.8. The maximum absolute atomic E-state index is 15.1. The predicted octanol–water partition coefficient (Wildman–Crippen LogP) is 5.72. The highest BCUT2D eigenvalue weighted by atomic mass is 19.2. The molecule has 5 rings (SSSR count). The fraction of sp³-hybridized carbons (Fsp3) is 0.379. The van der Waals surface area contributed by atoms with Crippen molar-refractivity contribution >= 4 is 11.2 Å². The number of rotatable bonds is 9. The second-order valence-corrected chi connectivity index (χ2v) is 10.1. The van der Waals surface area contributed by atoms with Crippen LogP contribution in [-0.4, -0.2) is 32.8 Å². The van der Waals surface area contributed by atoms with E-state index in [2.05, 4.69) is 23.8 Å². The van der Waals surface area contributed by atoms with Crippen LogP contribution < -0.4 is 10.1 Å². The number of allylic oxidation sites excluding steroid dienone is 1. The van der Waals surface area contributed by atoms with Gasteiger partial charge < -0.3 is 14.5 Å². The molecule has 194 valence electrons. The molecule has 0 unspecified atom stereocenters. The minimum absolute atomic E-state index is 0.0932. The number of aryl methyl sites for hydroxylation is 1. The monoisotopic (exact) mass is 505 g/mol. The van der Waals surface area contributed by atoms with Crippen molar-refractivity contribution in [1.29, 1.82) is 0 Å². The van der Waals surface area contributed by atoms with Gasteiger partial charge in [0.15, 0.2) is 11.6 Å². The van der Waals surface area contributed by atoms with Gasteiger partial charge in [0.1, 0.15) is 5.65 Å². The number of halogens is 2. The average Bonchev–Trinajstić information content (AvgIpc) is 3.39. The molecule has 1 saturated carbocycles. The number of hydrogen-bond donors (Lipinski definition) is 1. The van der Waals surface area contributed by atoms with Crippen LogP contribution in [0.2, 0.25) is 0 Å². The van der Waals surface area contributed by atoms with Gasteiger partial charge in [0.2, 0.25) is 5.82 Å². The molecule has 0 aliphatic heterocycles. The Bertz CT molecular complexity index is 1460. The third-order valence-electron chi connectivity index (χ3n) is 7.53. The van der Waals surface area contributed by atoms with Crippen molar-refractivity contribution in [1.82, 2.24) is 24.5 Å². The lowest BCUT2D eigenvalue weighted by Gasteiger charge is -2.34. The molecule has 0 saturated heterocycles. The molecule has 3 aromatic heterocycles. The molecule has 0 atom stereocenters. The molecule has 0 amide bonds. The molecule has 4 aromatic rings. The Morgan fingerprint density at radius 3 is 2.73 bits per heavy atom. The highest BCUT2D eigenvalue weighted by Crippen LogP contribution is 2.42. The number of nitrogens with zero attached hydrogens (tertiary/aromatic N) is 4. The number of benzene rings is 1. The van der Waals surface area contributed by atoms with Gasteiger partial charge in [-0.2, -0.15) is 9.49 Å². The quantitative estimate of drug-likeness (QED) is 0.316. The third kappa shape index (κ3) is 4.66. The summed E-state index contributed by atoms with van der Waals surface area (Å²) in [5, 5.41) is 7.84. The van der Waals surface area contributed by atoms with E-state index in [-0.39, 0.29) is 12.4 Å². The van der Waals surface area contributed by atoms with Gasteiger partial charge in [-0.05, 0) is 68.5 Å². The minimum Gasteiger partial charge on any atom is -0.489 e. The number of fused-ring (bicyclic) bond motifs is 1. The summed E-state index contributed by atoms with van der Waals surface area (Å²) < 4.78 is 39.1. The molecule has 37 heavy (non-hydrogen) atoms. The number of ether oxygens (including phenoxy) is 1. The third-order valence-corrected chi connectivity index (χ3v) is 7.53. The van der Waals surface area contributed by atoms with E-state index in [1.807, 2.05) is 48.4 Å². The zero-order chi connectivity index (χ0) is 26.3.